The number of primary amides is 1. The van der Waals surface area contributed by atoms with Crippen LogP contribution in [-0.2, 0) is 19.2 Å². The van der Waals surface area contributed by atoms with Crippen LogP contribution in [0.2, 0.25) is 0 Å². The van der Waals surface area contributed by atoms with Gasteiger partial charge in [0.05, 0.1) is 0 Å². The van der Waals surface area contributed by atoms with Crippen molar-refractivity contribution in [3.8, 4) is 0 Å². The number of amides is 4. The molecule has 0 bridgehead atoms. The highest BCUT2D eigenvalue weighted by molar-refractivity contribution is 5.99. The van der Waals surface area contributed by atoms with Crippen molar-refractivity contribution in [2.45, 2.75) is 39.7 Å². The molecular weight excluding hydrogens is 238 g/mol. The van der Waals surface area contributed by atoms with Crippen molar-refractivity contribution in [2.24, 2.45) is 11.7 Å². The first kappa shape index (κ1) is 16.1. The Morgan fingerprint density at radius 1 is 1.11 bits per heavy atom. The van der Waals surface area contributed by atoms with E-state index in [1.807, 2.05) is 0 Å². The van der Waals surface area contributed by atoms with E-state index in [-0.39, 0.29) is 18.8 Å². The minimum Gasteiger partial charge on any atom is -0.370 e. The molecule has 7 heteroatoms. The Kier molecular flexibility index (Phi) is 6.62. The molecule has 0 saturated carbocycles. The predicted molar refractivity (Wildman–Crippen MR) is 64.0 cm³/mol. The van der Waals surface area contributed by atoms with Gasteiger partial charge < -0.3 is 11.1 Å². The largest absolute Gasteiger partial charge is 0.370 e. The predicted octanol–water partition coefficient (Wildman–Crippen LogP) is -0.945. The SMILES string of the molecule is CC(=O)N[C@H](CCC(N)=O)C(=O)NC(=O)C(C)C. The van der Waals surface area contributed by atoms with Crippen molar-refractivity contribution in [3.05, 3.63) is 0 Å². The molecule has 4 N–H and O–H groups in total. The Hall–Kier alpha value is -1.92. The van der Waals surface area contributed by atoms with Crippen LogP contribution in [0.15, 0.2) is 0 Å². The molecule has 0 unspecified atom stereocenters. The summed E-state index contributed by atoms with van der Waals surface area (Å²) in [6, 6.07) is -0.933. The third kappa shape index (κ3) is 6.62. The lowest BCUT2D eigenvalue weighted by molar-refractivity contribution is -0.135. The Morgan fingerprint density at radius 3 is 2.06 bits per heavy atom. The molecule has 0 aromatic heterocycles. The number of hydrogen-bond donors (Lipinski definition) is 3. The summed E-state index contributed by atoms with van der Waals surface area (Å²) >= 11 is 0. The number of imide groups is 1. The summed E-state index contributed by atoms with van der Waals surface area (Å²) in [6.07, 6.45) is 0.0142. The molecule has 7 nitrogen and oxygen atoms in total. The molecular formula is C11H19N3O4. The maximum absolute atomic E-state index is 11.7. The number of hydrogen-bond acceptors (Lipinski definition) is 4. The van der Waals surface area contributed by atoms with Crippen molar-refractivity contribution in [2.75, 3.05) is 0 Å². The number of carbonyl (C=O) groups excluding carboxylic acids is 4. The van der Waals surface area contributed by atoms with Crippen LogP contribution in [0.3, 0.4) is 0 Å². The van der Waals surface area contributed by atoms with Gasteiger partial charge in [0.2, 0.25) is 23.6 Å². The van der Waals surface area contributed by atoms with Gasteiger partial charge in [0, 0.05) is 19.3 Å². The fourth-order valence-corrected chi connectivity index (χ4v) is 1.15. The topological polar surface area (TPSA) is 118 Å². The second kappa shape index (κ2) is 7.41. The quantitative estimate of drug-likeness (QED) is 0.568. The highest BCUT2D eigenvalue weighted by atomic mass is 16.2. The summed E-state index contributed by atoms with van der Waals surface area (Å²) in [5.41, 5.74) is 4.97. The van der Waals surface area contributed by atoms with Crippen LogP contribution in [0, 0.1) is 5.92 Å². The molecule has 0 saturated heterocycles. The van der Waals surface area contributed by atoms with E-state index in [1.54, 1.807) is 13.8 Å². The van der Waals surface area contributed by atoms with Gasteiger partial charge in [0.15, 0.2) is 0 Å². The monoisotopic (exact) mass is 257 g/mol. The van der Waals surface area contributed by atoms with E-state index < -0.39 is 29.7 Å². The van der Waals surface area contributed by atoms with Crippen LogP contribution in [0.4, 0.5) is 0 Å². The molecule has 102 valence electrons. The fraction of sp³-hybridized carbons (Fsp3) is 0.636. The minimum atomic E-state index is -0.933. The second-order valence-corrected chi connectivity index (χ2v) is 4.27. The highest BCUT2D eigenvalue weighted by Gasteiger charge is 2.22. The van der Waals surface area contributed by atoms with Gasteiger partial charge in [-0.25, -0.2) is 0 Å². The van der Waals surface area contributed by atoms with Crippen molar-refractivity contribution >= 4 is 23.6 Å². The summed E-state index contributed by atoms with van der Waals surface area (Å²) in [4.78, 5) is 44.6. The van der Waals surface area contributed by atoms with Crippen molar-refractivity contribution in [1.82, 2.24) is 10.6 Å². The van der Waals surface area contributed by atoms with Gasteiger partial charge in [0.1, 0.15) is 6.04 Å². The molecule has 4 amide bonds. The summed E-state index contributed by atoms with van der Waals surface area (Å²) in [6.45, 7) is 4.52. The standard InChI is InChI=1S/C11H19N3O4/c1-6(2)10(17)14-11(18)8(13-7(3)15)4-5-9(12)16/h6,8H,4-5H2,1-3H3,(H2,12,16)(H,13,15)(H,14,17,18)/t8-/m1/s1. The van der Waals surface area contributed by atoms with E-state index in [2.05, 4.69) is 10.6 Å². The number of rotatable bonds is 6. The molecule has 0 radical (unpaired) electrons. The van der Waals surface area contributed by atoms with Gasteiger partial charge in [-0.2, -0.15) is 0 Å². The first-order chi connectivity index (χ1) is 8.23. The van der Waals surface area contributed by atoms with E-state index in [9.17, 15) is 19.2 Å². The van der Waals surface area contributed by atoms with E-state index in [4.69, 9.17) is 5.73 Å². The summed E-state index contributed by atoms with van der Waals surface area (Å²) in [5.74, 6) is -2.41. The second-order valence-electron chi connectivity index (χ2n) is 4.27. The molecule has 18 heavy (non-hydrogen) atoms. The zero-order valence-electron chi connectivity index (χ0n) is 10.8. The third-order valence-electron chi connectivity index (χ3n) is 2.14. The van der Waals surface area contributed by atoms with Gasteiger partial charge in [-0.05, 0) is 6.42 Å². The first-order valence-electron chi connectivity index (χ1n) is 5.64. The van der Waals surface area contributed by atoms with Gasteiger partial charge in [-0.1, -0.05) is 13.8 Å². The molecule has 0 aromatic rings. The number of carbonyl (C=O) groups is 4. The summed E-state index contributed by atoms with van der Waals surface area (Å²) < 4.78 is 0. The summed E-state index contributed by atoms with van der Waals surface area (Å²) in [5, 5.41) is 4.53. The van der Waals surface area contributed by atoms with Crippen LogP contribution in [0.5, 0.6) is 0 Å². The normalized spacial score (nSPS) is 11.8. The van der Waals surface area contributed by atoms with E-state index >= 15 is 0 Å². The van der Waals surface area contributed by atoms with E-state index in [1.165, 1.54) is 6.92 Å². The van der Waals surface area contributed by atoms with Crippen LogP contribution in [-0.4, -0.2) is 29.7 Å². The molecule has 0 aliphatic carbocycles. The van der Waals surface area contributed by atoms with Gasteiger partial charge in [0.25, 0.3) is 0 Å². The average Bonchev–Trinajstić information content (AvgIpc) is 2.22. The Morgan fingerprint density at radius 2 is 1.67 bits per heavy atom. The van der Waals surface area contributed by atoms with Gasteiger partial charge in [-0.3, -0.25) is 24.5 Å². The molecule has 0 fully saturated rings. The van der Waals surface area contributed by atoms with E-state index in [0.29, 0.717) is 0 Å². The Labute approximate surface area is 105 Å². The smallest absolute Gasteiger partial charge is 0.249 e. The molecule has 0 rings (SSSR count). The zero-order chi connectivity index (χ0) is 14.3. The molecule has 1 atom stereocenters. The van der Waals surface area contributed by atoms with Crippen LogP contribution < -0.4 is 16.4 Å². The zero-order valence-corrected chi connectivity index (χ0v) is 10.8. The highest BCUT2D eigenvalue weighted by Crippen LogP contribution is 1.99. The fourth-order valence-electron chi connectivity index (χ4n) is 1.15. The van der Waals surface area contributed by atoms with Crippen LogP contribution in [0.1, 0.15) is 33.6 Å². The lowest BCUT2D eigenvalue weighted by atomic mass is 10.1. The lowest BCUT2D eigenvalue weighted by Gasteiger charge is -2.17. The van der Waals surface area contributed by atoms with Gasteiger partial charge >= 0.3 is 0 Å². The third-order valence-corrected chi connectivity index (χ3v) is 2.14. The van der Waals surface area contributed by atoms with Crippen molar-refractivity contribution in [1.29, 1.82) is 0 Å². The van der Waals surface area contributed by atoms with Crippen LogP contribution >= 0.6 is 0 Å². The molecule has 0 heterocycles. The van der Waals surface area contributed by atoms with Crippen molar-refractivity contribution in [3.63, 3.8) is 0 Å². The maximum Gasteiger partial charge on any atom is 0.249 e. The Balaban J connectivity index is 4.53. The average molecular weight is 257 g/mol. The number of nitrogens with two attached hydrogens (primary N) is 1. The molecule has 0 aromatic carbocycles. The maximum atomic E-state index is 11.7. The van der Waals surface area contributed by atoms with Gasteiger partial charge in [-0.15, -0.1) is 0 Å². The first-order valence-corrected chi connectivity index (χ1v) is 5.64. The van der Waals surface area contributed by atoms with Crippen LogP contribution in [0.25, 0.3) is 0 Å². The number of nitrogens with one attached hydrogen (secondary N) is 2. The molecule has 0 aliphatic heterocycles. The molecule has 0 spiro atoms. The molecule has 0 aliphatic rings. The summed E-state index contributed by atoms with van der Waals surface area (Å²) in [7, 11) is 0. The minimum absolute atomic E-state index is 0.0474. The lowest BCUT2D eigenvalue weighted by Crippen LogP contribution is -2.49. The van der Waals surface area contributed by atoms with E-state index in [0.717, 1.165) is 0 Å². The van der Waals surface area contributed by atoms with Crippen molar-refractivity contribution < 1.29 is 19.2 Å². The Bertz CT molecular complexity index is 352.